The minimum absolute atomic E-state index is 0.0841. The fraction of sp³-hybridized carbons (Fsp3) is 0.240. The van der Waals surface area contributed by atoms with Gasteiger partial charge in [-0.2, -0.15) is 0 Å². The quantitative estimate of drug-likeness (QED) is 0.302. The van der Waals surface area contributed by atoms with Gasteiger partial charge in [0.15, 0.2) is 0 Å². The van der Waals surface area contributed by atoms with Gasteiger partial charge in [-0.25, -0.2) is 0 Å². The molecule has 5 heteroatoms. The molecule has 3 N–H and O–H groups in total. The topological polar surface area (TPSA) is 49.9 Å². The number of rotatable bonds is 4. The first-order chi connectivity index (χ1) is 14.3. The van der Waals surface area contributed by atoms with Crippen LogP contribution in [0.5, 0.6) is 0 Å². The van der Waals surface area contributed by atoms with Crippen LogP contribution in [0.4, 0.5) is 5.69 Å². The van der Waals surface area contributed by atoms with Crippen molar-refractivity contribution in [3.05, 3.63) is 86.2 Å². The summed E-state index contributed by atoms with van der Waals surface area (Å²) in [6, 6.07) is 15.4. The number of hydrogen-bond donors (Lipinski definition) is 2. The Morgan fingerprint density at radius 1 is 0.967 bits per heavy atom. The zero-order valence-electron chi connectivity index (χ0n) is 17.8. The van der Waals surface area contributed by atoms with E-state index in [1.54, 1.807) is 0 Å². The van der Waals surface area contributed by atoms with Crippen LogP contribution < -0.4 is 28.2 Å². The molecule has 0 atom stereocenters. The normalized spacial score (nSPS) is 17.4. The molecule has 0 aromatic heterocycles. The van der Waals surface area contributed by atoms with Crippen molar-refractivity contribution < 1.29 is 17.2 Å². The van der Waals surface area contributed by atoms with Gasteiger partial charge in [-0.3, -0.25) is 0 Å². The Bertz CT molecular complexity index is 1120. The second-order valence-electron chi connectivity index (χ2n) is 8.67. The molecule has 4 rings (SSSR count). The molecule has 2 aromatic rings. The molecular weight excluding hydrogens is 610 g/mol. The van der Waals surface area contributed by atoms with Crippen molar-refractivity contribution >= 4 is 48.8 Å². The van der Waals surface area contributed by atoms with Gasteiger partial charge < -0.3 is 0 Å². The van der Waals surface area contributed by atoms with Crippen LogP contribution in [0.15, 0.2) is 71.5 Å². The van der Waals surface area contributed by atoms with Crippen molar-refractivity contribution in [3.8, 4) is 0 Å². The van der Waals surface area contributed by atoms with Gasteiger partial charge in [0.2, 0.25) is 0 Å². The van der Waals surface area contributed by atoms with Crippen LogP contribution in [0.3, 0.4) is 0 Å². The maximum atomic E-state index is 8.46. The van der Waals surface area contributed by atoms with Gasteiger partial charge >= 0.3 is 202 Å². The van der Waals surface area contributed by atoms with Crippen LogP contribution in [0.1, 0.15) is 38.8 Å². The van der Waals surface area contributed by atoms with Crippen LogP contribution in [-0.4, -0.2) is 13.8 Å². The van der Waals surface area contributed by atoms with E-state index in [4.69, 9.17) is 11.1 Å². The van der Waals surface area contributed by atoms with Crippen LogP contribution in [0.25, 0.3) is 5.57 Å². The van der Waals surface area contributed by atoms with Gasteiger partial charge in [-0.15, -0.1) is 0 Å². The van der Waals surface area contributed by atoms with Crippen molar-refractivity contribution in [1.82, 2.24) is 0 Å². The molecule has 1 heterocycles. The Balaban J connectivity index is 2.20. The van der Waals surface area contributed by atoms with Crippen LogP contribution in [-0.2, 0) is 0 Å². The van der Waals surface area contributed by atoms with Crippen molar-refractivity contribution in [3.63, 3.8) is 0 Å². The predicted octanol–water partition coefficient (Wildman–Crippen LogP) is 3.22. The van der Waals surface area contributed by atoms with Crippen LogP contribution >= 0.6 is 18.6 Å². The zero-order chi connectivity index (χ0) is 21.6. The molecule has 1 aliphatic carbocycles. The second-order valence-corrected chi connectivity index (χ2v) is 18.1. The number of halogens is 2. The Kier molecular flexibility index (Phi) is 6.16. The Hall–Kier alpha value is -1.19. The molecule has 0 fully saturated rings. The molecule has 2 aliphatic rings. The number of hydrogen-bond acceptors (Lipinski definition) is 2. The number of anilines is 1. The second kappa shape index (κ2) is 8.39. The molecule has 0 spiro atoms. The predicted molar refractivity (Wildman–Crippen MR) is 137 cm³/mol. The van der Waals surface area contributed by atoms with E-state index in [9.17, 15) is 0 Å². The van der Waals surface area contributed by atoms with E-state index in [-0.39, 0.29) is 17.2 Å². The zero-order valence-corrected chi connectivity index (χ0v) is 23.1. The van der Waals surface area contributed by atoms with Crippen LogP contribution in [0, 0.1) is 8.98 Å². The molecular formula is C25H27I2N2Si-. The average Bonchev–Trinajstić information content (AvgIpc) is 2.71. The summed E-state index contributed by atoms with van der Waals surface area (Å²) < 4.78 is 1.46. The molecule has 0 radical (unpaired) electrons. The van der Waals surface area contributed by atoms with Crippen molar-refractivity contribution in [1.29, 1.82) is 5.41 Å². The molecule has 0 amide bonds. The fourth-order valence-corrected chi connectivity index (χ4v) is 15.1. The number of nitrogens with two attached hydrogens (primary N) is 1. The molecule has 2 nitrogen and oxygen atoms in total. The average molecular weight is 637 g/mol. The Morgan fingerprint density at radius 3 is 2.33 bits per heavy atom. The maximum absolute atomic E-state index is 8.46. The van der Waals surface area contributed by atoms with Gasteiger partial charge in [-0.1, -0.05) is 0 Å². The fourth-order valence-electron chi connectivity index (χ4n) is 5.44. The molecule has 156 valence electrons. The molecule has 0 unspecified atom stereocenters. The number of allylic oxidation sites excluding steroid dienone is 5. The van der Waals surface area contributed by atoms with Crippen molar-refractivity contribution in [2.24, 2.45) is 0 Å². The van der Waals surface area contributed by atoms with E-state index in [1.807, 2.05) is 6.08 Å². The summed E-state index contributed by atoms with van der Waals surface area (Å²) in [5, 5.41) is 11.3. The van der Waals surface area contributed by atoms with Crippen molar-refractivity contribution in [2.75, 3.05) is 5.73 Å². The van der Waals surface area contributed by atoms with Gasteiger partial charge in [0.1, 0.15) is 0 Å². The number of nitrogens with one attached hydrogen (secondary N) is 1. The summed E-state index contributed by atoms with van der Waals surface area (Å²) in [4.78, 5) is 0. The minimum atomic E-state index is -2.16. The van der Waals surface area contributed by atoms with Gasteiger partial charge in [0.25, 0.3) is 0 Å². The Labute approximate surface area is 200 Å². The summed E-state index contributed by atoms with van der Waals surface area (Å²) in [6.45, 7) is 9.48. The standard InChI is InChI=1S/C25H27I2N2Si/c1-15(2)30(16(3)4)23-13-17(28)9-11-20(23)25(19-7-5-6-8-22(19)27-26)21-12-10-18(29)14-24(21)30/h5-16,28H,29H2,1-4H3/q-1. The summed E-state index contributed by atoms with van der Waals surface area (Å²) in [5.74, 6) is 0. The first-order valence-electron chi connectivity index (χ1n) is 10.3. The van der Waals surface area contributed by atoms with E-state index in [1.165, 1.54) is 36.2 Å². The molecule has 2 aromatic carbocycles. The summed E-state index contributed by atoms with van der Waals surface area (Å²) in [5.41, 5.74) is 14.2. The van der Waals surface area contributed by atoms with E-state index >= 15 is 0 Å². The first-order valence-corrected chi connectivity index (χ1v) is 19.8. The van der Waals surface area contributed by atoms with Crippen LogP contribution in [0.2, 0.25) is 11.1 Å². The number of fused-ring (bicyclic) bond motifs is 2. The van der Waals surface area contributed by atoms with Crippen molar-refractivity contribution in [2.45, 2.75) is 38.8 Å². The monoisotopic (exact) mass is 637 g/mol. The van der Waals surface area contributed by atoms with E-state index in [2.05, 4.69) is 101 Å². The van der Waals surface area contributed by atoms with Gasteiger partial charge in [0.05, 0.1) is 0 Å². The molecule has 30 heavy (non-hydrogen) atoms. The molecule has 0 saturated carbocycles. The van der Waals surface area contributed by atoms with Gasteiger partial charge in [0, 0.05) is 0 Å². The number of benzene rings is 2. The summed E-state index contributed by atoms with van der Waals surface area (Å²) in [7, 11) is -2.16. The van der Waals surface area contributed by atoms with E-state index in [0.29, 0.717) is 16.8 Å². The molecule has 0 bridgehead atoms. The third kappa shape index (κ3) is 3.28. The number of nitrogen functional groups attached to an aromatic ring is 1. The molecule has 0 saturated heterocycles. The third-order valence-electron chi connectivity index (χ3n) is 6.53. The first kappa shape index (κ1) is 22.0. The van der Waals surface area contributed by atoms with Gasteiger partial charge in [-0.05, 0) is 0 Å². The summed E-state index contributed by atoms with van der Waals surface area (Å²) in [6.07, 6.45) is 6.33. The Morgan fingerprint density at radius 2 is 1.67 bits per heavy atom. The third-order valence-corrected chi connectivity index (χ3v) is 17.1. The SMILES string of the molecule is CC(C)[Si]1(C(C)C)C2=CC(=N)C=CC2=C(c2ccccc2[I-]I)c2ccc(N)cc21. The van der Waals surface area contributed by atoms with E-state index < -0.39 is 8.07 Å². The van der Waals surface area contributed by atoms with E-state index in [0.717, 1.165) is 5.69 Å². The summed E-state index contributed by atoms with van der Waals surface area (Å²) >= 11 is 2.48. The molecule has 1 aliphatic heterocycles.